The Morgan fingerprint density at radius 2 is 1.83 bits per heavy atom. The summed E-state index contributed by atoms with van der Waals surface area (Å²) in [6.07, 6.45) is 0. The maximum absolute atomic E-state index is 14.0. The van der Waals surface area contributed by atoms with Gasteiger partial charge in [-0.1, -0.05) is 30.3 Å². The highest BCUT2D eigenvalue weighted by Gasteiger charge is 2.30. The minimum atomic E-state index is -3.73. The van der Waals surface area contributed by atoms with Crippen molar-refractivity contribution >= 4 is 10.0 Å². The molecule has 0 fully saturated rings. The third-order valence-corrected chi connectivity index (χ3v) is 5.07. The number of halogens is 2. The van der Waals surface area contributed by atoms with Gasteiger partial charge >= 0.3 is 0 Å². The van der Waals surface area contributed by atoms with Crippen molar-refractivity contribution in [1.29, 1.82) is 0 Å². The van der Waals surface area contributed by atoms with E-state index in [1.807, 2.05) is 0 Å². The molecule has 0 aliphatic rings. The van der Waals surface area contributed by atoms with Crippen molar-refractivity contribution in [2.24, 2.45) is 0 Å². The highest BCUT2D eigenvalue weighted by atomic mass is 32.2. The molecule has 0 spiro atoms. The summed E-state index contributed by atoms with van der Waals surface area (Å²) in [7, 11) is -2.35. The molecule has 0 heterocycles. The van der Waals surface area contributed by atoms with Gasteiger partial charge in [0.15, 0.2) is 0 Å². The van der Waals surface area contributed by atoms with Crippen molar-refractivity contribution in [3.05, 3.63) is 71.3 Å². The maximum atomic E-state index is 14.0. The molecule has 0 amide bonds. The van der Waals surface area contributed by atoms with Crippen molar-refractivity contribution < 1.29 is 21.9 Å². The van der Waals surface area contributed by atoms with Crippen molar-refractivity contribution in [3.63, 3.8) is 0 Å². The topological polar surface area (TPSA) is 55.4 Å². The van der Waals surface area contributed by atoms with Gasteiger partial charge in [0.1, 0.15) is 17.2 Å². The van der Waals surface area contributed by atoms with Crippen LogP contribution in [0.2, 0.25) is 0 Å². The van der Waals surface area contributed by atoms with Gasteiger partial charge in [-0.05, 0) is 30.7 Å². The number of nitrogens with one attached hydrogen (secondary N) is 1. The van der Waals surface area contributed by atoms with Crippen molar-refractivity contribution in [2.45, 2.75) is 18.3 Å². The first kappa shape index (κ1) is 18.5. The minimum Gasteiger partial charge on any atom is -0.372 e. The molecule has 2 rings (SSSR count). The number of hydrogen-bond acceptors (Lipinski definition) is 3. The fourth-order valence-electron chi connectivity index (χ4n) is 2.31. The van der Waals surface area contributed by atoms with Gasteiger partial charge in [0.25, 0.3) is 0 Å². The van der Waals surface area contributed by atoms with E-state index in [4.69, 9.17) is 4.74 Å². The Morgan fingerprint density at radius 1 is 1.12 bits per heavy atom. The number of sulfonamides is 1. The third-order valence-electron chi connectivity index (χ3n) is 3.77. The molecule has 0 aliphatic heterocycles. The zero-order chi connectivity index (χ0) is 17.8. The number of methoxy groups -OCH3 is 1. The number of benzene rings is 2. The number of ether oxygens (including phenoxy) is 1. The summed E-state index contributed by atoms with van der Waals surface area (Å²) in [5.41, 5.74) is -0.589. The Labute approximate surface area is 140 Å². The highest BCUT2D eigenvalue weighted by molar-refractivity contribution is 7.88. The average Bonchev–Trinajstić information content (AvgIpc) is 2.53. The number of rotatable bonds is 7. The van der Waals surface area contributed by atoms with Crippen LogP contribution in [0.4, 0.5) is 8.78 Å². The molecule has 7 heteroatoms. The Morgan fingerprint density at radius 3 is 2.46 bits per heavy atom. The molecular formula is C17H19F2NO3S. The summed E-state index contributed by atoms with van der Waals surface area (Å²) >= 11 is 0. The minimum absolute atomic E-state index is 0.151. The van der Waals surface area contributed by atoms with Crippen LogP contribution >= 0.6 is 0 Å². The van der Waals surface area contributed by atoms with Crippen LogP contribution in [0.15, 0.2) is 48.5 Å². The van der Waals surface area contributed by atoms with E-state index in [0.29, 0.717) is 5.56 Å². The van der Waals surface area contributed by atoms with Crippen LogP contribution in [0.5, 0.6) is 0 Å². The quantitative estimate of drug-likeness (QED) is 0.831. The number of hydrogen-bond donors (Lipinski definition) is 1. The Bertz CT molecular complexity index is 811. The van der Waals surface area contributed by atoms with Crippen molar-refractivity contribution in [1.82, 2.24) is 4.72 Å². The van der Waals surface area contributed by atoms with Gasteiger partial charge in [-0.3, -0.25) is 0 Å². The first-order valence-corrected chi connectivity index (χ1v) is 8.93. The van der Waals surface area contributed by atoms with E-state index in [1.54, 1.807) is 25.1 Å². The standard InChI is InChI=1S/C17H19F2NO3S/c1-17(23-2,15-8-3-4-9-16(15)19)12-20-24(21,22)11-13-6-5-7-14(18)10-13/h3-10,20H,11-12H2,1-2H3. The Balaban J connectivity index is 2.13. The highest BCUT2D eigenvalue weighted by Crippen LogP contribution is 2.26. The molecule has 0 saturated carbocycles. The second kappa shape index (κ2) is 7.38. The van der Waals surface area contributed by atoms with Gasteiger partial charge in [-0.2, -0.15) is 0 Å². The SMILES string of the molecule is COC(C)(CNS(=O)(=O)Cc1cccc(F)c1)c1ccccc1F. The smallest absolute Gasteiger partial charge is 0.215 e. The van der Waals surface area contributed by atoms with Crippen LogP contribution in [0.1, 0.15) is 18.1 Å². The molecule has 0 saturated heterocycles. The molecule has 0 aliphatic carbocycles. The van der Waals surface area contributed by atoms with E-state index in [1.165, 1.54) is 31.4 Å². The van der Waals surface area contributed by atoms with Gasteiger partial charge in [-0.15, -0.1) is 0 Å². The molecule has 1 unspecified atom stereocenters. The van der Waals surface area contributed by atoms with Gasteiger partial charge in [-0.25, -0.2) is 21.9 Å². The van der Waals surface area contributed by atoms with Crippen molar-refractivity contribution in [2.75, 3.05) is 13.7 Å². The molecule has 1 N–H and O–H groups in total. The average molecular weight is 355 g/mol. The van der Waals surface area contributed by atoms with Gasteiger partial charge < -0.3 is 4.74 Å². The summed E-state index contributed by atoms with van der Waals surface area (Å²) < 4.78 is 59.3. The lowest BCUT2D eigenvalue weighted by Gasteiger charge is -2.29. The lowest BCUT2D eigenvalue weighted by atomic mass is 9.95. The van der Waals surface area contributed by atoms with Crippen LogP contribution in [-0.4, -0.2) is 22.1 Å². The van der Waals surface area contributed by atoms with Crippen LogP contribution in [0.3, 0.4) is 0 Å². The maximum Gasteiger partial charge on any atom is 0.215 e. The van der Waals surface area contributed by atoms with Crippen molar-refractivity contribution in [3.8, 4) is 0 Å². The second-order valence-electron chi connectivity index (χ2n) is 5.62. The van der Waals surface area contributed by atoms with Gasteiger partial charge in [0.2, 0.25) is 10.0 Å². The molecule has 0 bridgehead atoms. The van der Waals surface area contributed by atoms with Gasteiger partial charge in [0, 0.05) is 19.2 Å². The Hall–Kier alpha value is -1.83. The lowest BCUT2D eigenvalue weighted by Crippen LogP contribution is -2.41. The van der Waals surface area contributed by atoms with E-state index in [0.717, 1.165) is 6.07 Å². The molecule has 2 aromatic carbocycles. The Kier molecular flexibility index (Phi) is 5.69. The normalized spacial score (nSPS) is 14.3. The van der Waals surface area contributed by atoms with Crippen LogP contribution in [0, 0.1) is 11.6 Å². The van der Waals surface area contributed by atoms with Crippen LogP contribution in [0.25, 0.3) is 0 Å². The predicted molar refractivity (Wildman–Crippen MR) is 87.8 cm³/mol. The van der Waals surface area contributed by atoms with E-state index in [9.17, 15) is 17.2 Å². The van der Waals surface area contributed by atoms with E-state index < -0.39 is 27.3 Å². The largest absolute Gasteiger partial charge is 0.372 e. The molecule has 4 nitrogen and oxygen atoms in total. The van der Waals surface area contributed by atoms with E-state index in [2.05, 4.69) is 4.72 Å². The summed E-state index contributed by atoms with van der Waals surface area (Å²) in [5, 5.41) is 0. The van der Waals surface area contributed by atoms with E-state index in [-0.39, 0.29) is 17.9 Å². The zero-order valence-corrected chi connectivity index (χ0v) is 14.2. The van der Waals surface area contributed by atoms with Gasteiger partial charge in [0.05, 0.1) is 5.75 Å². The predicted octanol–water partition coefficient (Wildman–Crippen LogP) is 2.95. The molecular weight excluding hydrogens is 336 g/mol. The summed E-state index contributed by atoms with van der Waals surface area (Å²) in [6.45, 7) is 1.44. The van der Waals surface area contributed by atoms with Crippen LogP contribution < -0.4 is 4.72 Å². The fourth-order valence-corrected chi connectivity index (χ4v) is 3.53. The second-order valence-corrected chi connectivity index (χ2v) is 7.43. The monoisotopic (exact) mass is 355 g/mol. The first-order chi connectivity index (χ1) is 11.3. The third kappa shape index (κ3) is 4.59. The van der Waals surface area contributed by atoms with E-state index >= 15 is 0 Å². The zero-order valence-electron chi connectivity index (χ0n) is 13.4. The fraction of sp³-hybridized carbons (Fsp3) is 0.294. The molecule has 24 heavy (non-hydrogen) atoms. The molecule has 1 atom stereocenters. The molecule has 0 radical (unpaired) electrons. The molecule has 130 valence electrons. The molecule has 2 aromatic rings. The summed E-state index contributed by atoms with van der Waals surface area (Å²) in [5.74, 6) is -1.36. The lowest BCUT2D eigenvalue weighted by molar-refractivity contribution is 0.00409. The first-order valence-electron chi connectivity index (χ1n) is 7.28. The molecule has 0 aromatic heterocycles. The van der Waals surface area contributed by atoms with Crippen LogP contribution in [-0.2, 0) is 26.1 Å². The summed E-state index contributed by atoms with van der Waals surface area (Å²) in [4.78, 5) is 0. The summed E-state index contributed by atoms with van der Waals surface area (Å²) in [6, 6.07) is 11.4.